The van der Waals surface area contributed by atoms with E-state index in [1.807, 2.05) is 27.8 Å². The molecule has 0 bridgehead atoms. The summed E-state index contributed by atoms with van der Waals surface area (Å²) in [7, 11) is 2.05. The van der Waals surface area contributed by atoms with E-state index in [9.17, 15) is 4.79 Å². The molecule has 1 amide bonds. The lowest BCUT2D eigenvalue weighted by Crippen LogP contribution is -2.43. The fourth-order valence-electron chi connectivity index (χ4n) is 2.89. The third-order valence-electron chi connectivity index (χ3n) is 4.06. The summed E-state index contributed by atoms with van der Waals surface area (Å²) in [6, 6.07) is 0. The molecule has 25 heavy (non-hydrogen) atoms. The molecule has 6 nitrogen and oxygen atoms in total. The van der Waals surface area contributed by atoms with Crippen LogP contribution in [0.4, 0.5) is 4.79 Å². The molecule has 1 aliphatic rings. The van der Waals surface area contributed by atoms with Crippen LogP contribution in [0.25, 0.3) is 0 Å². The van der Waals surface area contributed by atoms with Crippen molar-refractivity contribution < 1.29 is 9.53 Å². The summed E-state index contributed by atoms with van der Waals surface area (Å²) in [5.41, 5.74) is 0.411. The molecule has 0 spiro atoms. The summed E-state index contributed by atoms with van der Waals surface area (Å²) in [5.74, 6) is 0.538. The lowest BCUT2D eigenvalue weighted by Gasteiger charge is -2.34. The molecule has 1 aliphatic heterocycles. The van der Waals surface area contributed by atoms with Crippen molar-refractivity contribution in [3.8, 4) is 0 Å². The van der Waals surface area contributed by atoms with Crippen molar-refractivity contribution in [1.29, 1.82) is 0 Å². The number of ether oxygens (including phenoxy) is 1. The first-order valence-electron chi connectivity index (χ1n) is 8.47. The Bertz CT molecular complexity index is 599. The quantitative estimate of drug-likeness (QED) is 0.578. The predicted molar refractivity (Wildman–Crippen MR) is 98.9 cm³/mol. The molecular weight excluding hydrogens is 363 g/mol. The van der Waals surface area contributed by atoms with Gasteiger partial charge < -0.3 is 14.5 Å². The highest BCUT2D eigenvalue weighted by Crippen LogP contribution is 2.22. The molecule has 1 saturated heterocycles. The molecule has 0 aromatic carbocycles. The van der Waals surface area contributed by atoms with E-state index in [0.717, 1.165) is 38.0 Å². The topological polar surface area (TPSA) is 58.6 Å². The number of piperidine rings is 1. The highest BCUT2D eigenvalue weighted by atomic mass is 35.5. The Hall–Kier alpha value is -1.11. The maximum absolute atomic E-state index is 12.1. The Morgan fingerprint density at radius 3 is 2.56 bits per heavy atom. The van der Waals surface area contributed by atoms with Crippen LogP contribution < -0.4 is 0 Å². The number of amides is 1. The Labute approximate surface area is 159 Å². The van der Waals surface area contributed by atoms with Gasteiger partial charge in [-0.1, -0.05) is 11.6 Å². The van der Waals surface area contributed by atoms with E-state index in [1.165, 1.54) is 0 Å². The Kier molecular flexibility index (Phi) is 6.88. The maximum atomic E-state index is 12.1. The monoisotopic (exact) mass is 388 g/mol. The van der Waals surface area contributed by atoms with Crippen LogP contribution >= 0.6 is 23.2 Å². The first-order chi connectivity index (χ1) is 11.6. The lowest BCUT2D eigenvalue weighted by molar-refractivity contribution is 0.0172. The van der Waals surface area contributed by atoms with E-state index in [-0.39, 0.29) is 11.4 Å². The van der Waals surface area contributed by atoms with Gasteiger partial charge in [-0.15, -0.1) is 0 Å². The van der Waals surface area contributed by atoms with Gasteiger partial charge in [0.05, 0.1) is 0 Å². The van der Waals surface area contributed by atoms with Crippen molar-refractivity contribution in [2.75, 3.05) is 26.7 Å². The van der Waals surface area contributed by atoms with E-state index >= 15 is 0 Å². The fourth-order valence-corrected chi connectivity index (χ4v) is 3.26. The number of carbonyl (C=O) groups is 1. The molecule has 2 heterocycles. The number of halogens is 2. The van der Waals surface area contributed by atoms with Crippen LogP contribution in [0.2, 0.25) is 10.4 Å². The van der Waals surface area contributed by atoms with Gasteiger partial charge in [0.25, 0.3) is 0 Å². The molecule has 2 rings (SSSR count). The maximum Gasteiger partial charge on any atom is 0.410 e. The van der Waals surface area contributed by atoms with Gasteiger partial charge in [-0.25, -0.2) is 14.8 Å². The number of likely N-dealkylation sites (tertiary alicyclic amines) is 1. The summed E-state index contributed by atoms with van der Waals surface area (Å²) < 4.78 is 5.43. The molecule has 0 aliphatic carbocycles. The van der Waals surface area contributed by atoms with Crippen LogP contribution in [-0.2, 0) is 11.3 Å². The van der Waals surface area contributed by atoms with Gasteiger partial charge >= 0.3 is 6.09 Å². The average Bonchev–Trinajstić information content (AvgIpc) is 2.49. The molecule has 0 N–H and O–H groups in total. The van der Waals surface area contributed by atoms with Crippen LogP contribution in [0.1, 0.15) is 39.2 Å². The second-order valence-corrected chi connectivity index (χ2v) is 8.26. The standard InChI is InChI=1S/C17H26Cl2N4O2/c1-17(2,3)25-16(24)23-7-5-12(6-8-23)10-22(4)11-13-9-20-15(19)21-14(13)18/h9,12H,5-8,10-11H2,1-4H3. The zero-order chi connectivity index (χ0) is 18.6. The molecule has 140 valence electrons. The van der Waals surface area contributed by atoms with Crippen LogP contribution in [0.5, 0.6) is 0 Å². The van der Waals surface area contributed by atoms with Gasteiger partial charge in [-0.05, 0) is 58.2 Å². The lowest BCUT2D eigenvalue weighted by atomic mass is 9.96. The summed E-state index contributed by atoms with van der Waals surface area (Å²) >= 11 is 11.8. The summed E-state index contributed by atoms with van der Waals surface area (Å²) in [4.78, 5) is 24.1. The molecule has 1 aromatic rings. The number of hydrogen-bond donors (Lipinski definition) is 0. The van der Waals surface area contributed by atoms with Crippen LogP contribution in [-0.4, -0.2) is 58.1 Å². The number of nitrogens with zero attached hydrogens (tertiary/aromatic N) is 4. The van der Waals surface area contributed by atoms with Crippen molar-refractivity contribution in [2.45, 2.75) is 45.8 Å². The van der Waals surface area contributed by atoms with E-state index in [4.69, 9.17) is 27.9 Å². The SMILES string of the molecule is CN(Cc1cnc(Cl)nc1Cl)CC1CCN(C(=O)OC(C)(C)C)CC1. The van der Waals surface area contributed by atoms with E-state index in [2.05, 4.69) is 14.9 Å². The van der Waals surface area contributed by atoms with Gasteiger partial charge in [0.1, 0.15) is 10.8 Å². The third-order valence-corrected chi connectivity index (χ3v) is 4.57. The van der Waals surface area contributed by atoms with E-state index in [1.54, 1.807) is 11.1 Å². The van der Waals surface area contributed by atoms with E-state index < -0.39 is 5.60 Å². The Balaban J connectivity index is 1.78. The molecule has 0 unspecified atom stereocenters. The number of hydrogen-bond acceptors (Lipinski definition) is 5. The van der Waals surface area contributed by atoms with Crippen molar-refractivity contribution in [3.05, 3.63) is 22.2 Å². The minimum absolute atomic E-state index is 0.158. The zero-order valence-corrected chi connectivity index (χ0v) is 16.8. The predicted octanol–water partition coefficient (Wildman–Crippen LogP) is 3.86. The van der Waals surface area contributed by atoms with Crippen LogP contribution in [0.15, 0.2) is 6.20 Å². The molecule has 1 fully saturated rings. The molecule has 0 atom stereocenters. The molecule has 1 aromatic heterocycles. The first kappa shape index (κ1) is 20.2. The highest BCUT2D eigenvalue weighted by molar-refractivity contribution is 6.32. The molecule has 8 heteroatoms. The first-order valence-corrected chi connectivity index (χ1v) is 9.23. The average molecular weight is 389 g/mol. The van der Waals surface area contributed by atoms with Crippen LogP contribution in [0, 0.1) is 5.92 Å². The van der Waals surface area contributed by atoms with Crippen molar-refractivity contribution in [2.24, 2.45) is 5.92 Å². The molecular formula is C17H26Cl2N4O2. The molecule has 0 saturated carbocycles. The van der Waals surface area contributed by atoms with E-state index in [0.29, 0.717) is 17.6 Å². The summed E-state index contributed by atoms with van der Waals surface area (Å²) in [5, 5.41) is 0.553. The number of aromatic nitrogens is 2. The Morgan fingerprint density at radius 1 is 1.36 bits per heavy atom. The Morgan fingerprint density at radius 2 is 2.00 bits per heavy atom. The van der Waals surface area contributed by atoms with Gasteiger partial charge in [0, 0.05) is 37.9 Å². The fraction of sp³-hybridized carbons (Fsp3) is 0.706. The second kappa shape index (κ2) is 8.52. The second-order valence-electron chi connectivity index (χ2n) is 7.56. The normalized spacial score (nSPS) is 16.4. The largest absolute Gasteiger partial charge is 0.444 e. The minimum atomic E-state index is -0.450. The van der Waals surface area contributed by atoms with Crippen molar-refractivity contribution >= 4 is 29.3 Å². The minimum Gasteiger partial charge on any atom is -0.444 e. The summed E-state index contributed by atoms with van der Waals surface area (Å²) in [6.07, 6.45) is 3.38. The number of rotatable bonds is 4. The molecule has 0 radical (unpaired) electrons. The number of carbonyl (C=O) groups excluding carboxylic acids is 1. The summed E-state index contributed by atoms with van der Waals surface area (Å²) in [6.45, 7) is 8.73. The van der Waals surface area contributed by atoms with Crippen LogP contribution in [0.3, 0.4) is 0 Å². The zero-order valence-electron chi connectivity index (χ0n) is 15.3. The van der Waals surface area contributed by atoms with Crippen molar-refractivity contribution in [3.63, 3.8) is 0 Å². The van der Waals surface area contributed by atoms with Gasteiger partial charge in [-0.2, -0.15) is 0 Å². The van der Waals surface area contributed by atoms with Crippen molar-refractivity contribution in [1.82, 2.24) is 19.8 Å². The smallest absolute Gasteiger partial charge is 0.410 e. The highest BCUT2D eigenvalue weighted by Gasteiger charge is 2.27. The van der Waals surface area contributed by atoms with Gasteiger partial charge in [-0.3, -0.25) is 0 Å². The third kappa shape index (κ3) is 6.60. The van der Waals surface area contributed by atoms with Gasteiger partial charge in [0.15, 0.2) is 0 Å². The van der Waals surface area contributed by atoms with Gasteiger partial charge in [0.2, 0.25) is 5.28 Å².